The molecule has 45 heavy (non-hydrogen) atoms. The van der Waals surface area contributed by atoms with Crippen molar-refractivity contribution in [3.05, 3.63) is 64.8 Å². The van der Waals surface area contributed by atoms with Crippen molar-refractivity contribution in [3.8, 4) is 17.1 Å². The third kappa shape index (κ3) is 6.09. The molecule has 0 saturated carbocycles. The van der Waals surface area contributed by atoms with Gasteiger partial charge in [-0.25, -0.2) is 27.7 Å². The van der Waals surface area contributed by atoms with Crippen molar-refractivity contribution in [1.29, 1.82) is 0 Å². The Morgan fingerprint density at radius 1 is 1.16 bits per heavy atom. The predicted octanol–water partition coefficient (Wildman–Crippen LogP) is 3.25. The number of nitrogens with zero attached hydrogens (tertiary/aromatic N) is 7. The Bertz CT molecular complexity index is 1760. The maximum absolute atomic E-state index is 15.1. The van der Waals surface area contributed by atoms with Crippen LogP contribution in [-0.2, 0) is 6.54 Å². The van der Waals surface area contributed by atoms with Crippen LogP contribution >= 0.6 is 11.6 Å². The van der Waals surface area contributed by atoms with Crippen LogP contribution < -0.4 is 15.8 Å². The van der Waals surface area contributed by atoms with Gasteiger partial charge in [0, 0.05) is 63.2 Å². The Kier molecular flexibility index (Phi) is 8.22. The number of hydrogen-bond acceptors (Lipinski definition) is 9. The number of pyridine rings is 2. The Labute approximate surface area is 260 Å². The van der Waals surface area contributed by atoms with E-state index in [9.17, 15) is 18.4 Å². The van der Waals surface area contributed by atoms with Crippen LogP contribution in [0, 0.1) is 0 Å². The number of nitrogen functional groups attached to an aromatic ring is 1. The molecule has 2 atom stereocenters. The largest absolute Gasteiger partial charge is 0.480 e. The Balaban J connectivity index is 1.25. The van der Waals surface area contributed by atoms with Crippen LogP contribution in [0.15, 0.2) is 43.1 Å². The molecule has 4 aromatic heterocycles. The molecule has 236 valence electrons. The molecule has 6 heterocycles. The SMILES string of the molecule is COc1ncc(-c2cc(CN3CCC(F)(F)CC3)c3c(N)ncnn23)cc1C(=O)N[C@@H]1CN(C(=O)c2ccncc2Cl)C[C@@H]1F. The molecule has 0 spiro atoms. The number of aromatic nitrogens is 5. The second-order valence-corrected chi connectivity index (χ2v) is 11.4. The maximum Gasteiger partial charge on any atom is 0.257 e. The molecule has 12 nitrogen and oxygen atoms in total. The minimum atomic E-state index is -2.68. The summed E-state index contributed by atoms with van der Waals surface area (Å²) in [6.45, 7) is 0.472. The lowest BCUT2D eigenvalue weighted by molar-refractivity contribution is -0.0565. The number of hydrogen-bond donors (Lipinski definition) is 2. The van der Waals surface area contributed by atoms with Crippen LogP contribution in [-0.4, -0.2) is 97.6 Å². The number of piperidine rings is 1. The van der Waals surface area contributed by atoms with E-state index in [4.69, 9.17) is 22.1 Å². The molecule has 3 N–H and O–H groups in total. The number of carbonyl (C=O) groups is 2. The van der Waals surface area contributed by atoms with Gasteiger partial charge in [0.25, 0.3) is 17.7 Å². The smallest absolute Gasteiger partial charge is 0.257 e. The van der Waals surface area contributed by atoms with Gasteiger partial charge in [-0.3, -0.25) is 19.5 Å². The second kappa shape index (κ2) is 12.1. The Morgan fingerprint density at radius 3 is 2.67 bits per heavy atom. The van der Waals surface area contributed by atoms with E-state index in [1.807, 2.05) is 4.90 Å². The molecule has 0 bridgehead atoms. The normalized spacial score (nSPS) is 20.0. The number of likely N-dealkylation sites (tertiary alicyclic amines) is 2. The molecule has 6 rings (SSSR count). The molecule has 0 aromatic carbocycles. The Hall–Kier alpha value is -4.50. The van der Waals surface area contributed by atoms with Gasteiger partial charge < -0.3 is 20.7 Å². The molecule has 2 aliphatic heterocycles. The number of carbonyl (C=O) groups excluding carboxylic acids is 2. The van der Waals surface area contributed by atoms with Crippen LogP contribution in [0.2, 0.25) is 5.02 Å². The second-order valence-electron chi connectivity index (χ2n) is 11.0. The number of rotatable bonds is 7. The van der Waals surface area contributed by atoms with E-state index in [0.717, 1.165) is 5.56 Å². The minimum absolute atomic E-state index is 0.00521. The lowest BCUT2D eigenvalue weighted by atomic mass is 10.1. The molecule has 2 amide bonds. The summed E-state index contributed by atoms with van der Waals surface area (Å²) in [6.07, 6.45) is 3.52. The minimum Gasteiger partial charge on any atom is -0.480 e. The summed E-state index contributed by atoms with van der Waals surface area (Å²) in [6, 6.07) is 3.79. The fraction of sp³-hybridized carbons (Fsp3) is 0.379. The van der Waals surface area contributed by atoms with Crippen molar-refractivity contribution in [2.24, 2.45) is 0 Å². The number of ether oxygens (including phenoxy) is 1. The molecule has 0 aliphatic carbocycles. The summed E-state index contributed by atoms with van der Waals surface area (Å²) in [4.78, 5) is 41.9. The molecular weight excluding hydrogens is 615 g/mol. The van der Waals surface area contributed by atoms with Gasteiger partial charge in [0.15, 0.2) is 5.82 Å². The van der Waals surface area contributed by atoms with Crippen molar-refractivity contribution in [2.45, 2.75) is 37.5 Å². The van der Waals surface area contributed by atoms with E-state index >= 15 is 4.39 Å². The lowest BCUT2D eigenvalue weighted by Gasteiger charge is -2.31. The van der Waals surface area contributed by atoms with Gasteiger partial charge in [-0.05, 0) is 23.8 Å². The quantitative estimate of drug-likeness (QED) is 0.310. The lowest BCUT2D eigenvalue weighted by Crippen LogP contribution is -2.42. The van der Waals surface area contributed by atoms with Crippen molar-refractivity contribution >= 4 is 34.7 Å². The van der Waals surface area contributed by atoms with E-state index in [0.29, 0.717) is 23.3 Å². The third-order valence-corrected chi connectivity index (χ3v) is 8.38. The van der Waals surface area contributed by atoms with Gasteiger partial charge in [-0.1, -0.05) is 11.6 Å². The number of methoxy groups -OCH3 is 1. The molecule has 2 aliphatic rings. The third-order valence-electron chi connectivity index (χ3n) is 8.08. The first-order chi connectivity index (χ1) is 21.5. The monoisotopic (exact) mass is 643 g/mol. The number of nitrogens with two attached hydrogens (primary N) is 1. The van der Waals surface area contributed by atoms with Gasteiger partial charge in [-0.2, -0.15) is 5.10 Å². The van der Waals surface area contributed by atoms with E-state index < -0.39 is 30.0 Å². The summed E-state index contributed by atoms with van der Waals surface area (Å²) in [7, 11) is 1.35. The first-order valence-electron chi connectivity index (χ1n) is 14.1. The topological polar surface area (TPSA) is 144 Å². The van der Waals surface area contributed by atoms with Crippen LogP contribution in [0.5, 0.6) is 5.88 Å². The van der Waals surface area contributed by atoms with Gasteiger partial charge in [0.1, 0.15) is 23.6 Å². The van der Waals surface area contributed by atoms with Crippen molar-refractivity contribution in [2.75, 3.05) is 39.0 Å². The highest BCUT2D eigenvalue weighted by atomic mass is 35.5. The highest BCUT2D eigenvalue weighted by Crippen LogP contribution is 2.33. The zero-order chi connectivity index (χ0) is 31.9. The van der Waals surface area contributed by atoms with Crippen molar-refractivity contribution < 1.29 is 27.5 Å². The maximum atomic E-state index is 15.1. The summed E-state index contributed by atoms with van der Waals surface area (Å²) in [5, 5.41) is 7.16. The van der Waals surface area contributed by atoms with E-state index in [1.54, 1.807) is 10.6 Å². The summed E-state index contributed by atoms with van der Waals surface area (Å²) >= 11 is 6.10. The van der Waals surface area contributed by atoms with Gasteiger partial charge in [0.2, 0.25) is 5.88 Å². The molecular formula is C29H29ClF3N9O3. The van der Waals surface area contributed by atoms with Crippen molar-refractivity contribution in [1.82, 2.24) is 39.7 Å². The van der Waals surface area contributed by atoms with Gasteiger partial charge in [0.05, 0.1) is 36.0 Å². The number of amides is 2. The molecule has 0 unspecified atom stereocenters. The van der Waals surface area contributed by atoms with Crippen LogP contribution in [0.25, 0.3) is 16.8 Å². The fourth-order valence-electron chi connectivity index (χ4n) is 5.70. The molecule has 2 fully saturated rings. The van der Waals surface area contributed by atoms with Gasteiger partial charge in [-0.15, -0.1) is 0 Å². The summed E-state index contributed by atoms with van der Waals surface area (Å²) in [5.74, 6) is -3.60. The standard InChI is InChI=1S/C29H29ClF3N9O3/c1-45-27-19(26(43)39-22-14-41(13-21(22)31)28(44)18-2-5-35-11-20(18)30)8-16(10-36-27)23-9-17(24-25(34)37-15-38-42(23)24)12-40-6-3-29(32,33)4-7-40/h2,5,8-11,15,21-22H,3-4,6-7,12-14H2,1H3,(H,39,43)(H2,34,37,38)/t21-,22+/m0/s1. The average Bonchev–Trinajstić information content (AvgIpc) is 3.58. The number of nitrogens with one attached hydrogen (secondary N) is 1. The highest BCUT2D eigenvalue weighted by molar-refractivity contribution is 6.33. The van der Waals surface area contributed by atoms with E-state index in [2.05, 4.69) is 25.4 Å². The van der Waals surface area contributed by atoms with Gasteiger partial charge >= 0.3 is 0 Å². The van der Waals surface area contributed by atoms with Crippen LogP contribution in [0.4, 0.5) is 19.0 Å². The molecule has 2 saturated heterocycles. The number of fused-ring (bicyclic) bond motifs is 1. The molecule has 4 aromatic rings. The predicted molar refractivity (Wildman–Crippen MR) is 158 cm³/mol. The van der Waals surface area contributed by atoms with Crippen LogP contribution in [0.1, 0.15) is 39.1 Å². The molecule has 16 heteroatoms. The van der Waals surface area contributed by atoms with Crippen LogP contribution in [0.3, 0.4) is 0 Å². The fourth-order valence-corrected chi connectivity index (χ4v) is 5.90. The Morgan fingerprint density at radius 2 is 1.93 bits per heavy atom. The van der Waals surface area contributed by atoms with E-state index in [-0.39, 0.29) is 66.9 Å². The summed E-state index contributed by atoms with van der Waals surface area (Å²) in [5.41, 5.74) is 8.66. The molecule has 0 radical (unpaired) electrons. The highest BCUT2D eigenvalue weighted by Gasteiger charge is 2.38. The number of halogens is 4. The number of anilines is 1. The van der Waals surface area contributed by atoms with E-state index in [1.165, 1.54) is 49.1 Å². The zero-order valence-electron chi connectivity index (χ0n) is 24.1. The summed E-state index contributed by atoms with van der Waals surface area (Å²) < 4.78 is 49.5. The first-order valence-corrected chi connectivity index (χ1v) is 14.5. The average molecular weight is 644 g/mol. The van der Waals surface area contributed by atoms with Crippen molar-refractivity contribution in [3.63, 3.8) is 0 Å². The zero-order valence-corrected chi connectivity index (χ0v) is 24.8. The number of alkyl halides is 3. The first kappa shape index (κ1) is 30.5.